The van der Waals surface area contributed by atoms with Crippen LogP contribution in [0.1, 0.15) is 12.0 Å². The van der Waals surface area contributed by atoms with E-state index < -0.39 is 4.92 Å². The van der Waals surface area contributed by atoms with E-state index >= 15 is 0 Å². The maximum atomic E-state index is 11.9. The van der Waals surface area contributed by atoms with Gasteiger partial charge >= 0.3 is 0 Å². The summed E-state index contributed by atoms with van der Waals surface area (Å²) in [5.41, 5.74) is 1.26. The molecule has 0 heterocycles. The molecule has 114 valence electrons. The molecular formula is C16H16N2O3S. The fourth-order valence-electron chi connectivity index (χ4n) is 1.85. The highest BCUT2D eigenvalue weighted by molar-refractivity contribution is 7.99. The normalized spacial score (nSPS) is 10.2. The van der Waals surface area contributed by atoms with Crippen molar-refractivity contribution in [2.45, 2.75) is 18.2 Å². The Morgan fingerprint density at radius 1 is 1.23 bits per heavy atom. The molecule has 0 aliphatic rings. The summed E-state index contributed by atoms with van der Waals surface area (Å²) >= 11 is 1.60. The Labute approximate surface area is 132 Å². The molecule has 5 nitrogen and oxygen atoms in total. The Kier molecular flexibility index (Phi) is 5.55. The second kappa shape index (κ2) is 7.61. The van der Waals surface area contributed by atoms with Gasteiger partial charge in [-0.05, 0) is 24.6 Å². The summed E-state index contributed by atoms with van der Waals surface area (Å²) < 4.78 is 0. The van der Waals surface area contributed by atoms with E-state index in [1.54, 1.807) is 24.8 Å². The molecule has 2 aromatic carbocycles. The summed E-state index contributed by atoms with van der Waals surface area (Å²) in [6.45, 7) is 1.80. The number of nitro benzene ring substituents is 1. The van der Waals surface area contributed by atoms with E-state index in [2.05, 4.69) is 5.32 Å². The summed E-state index contributed by atoms with van der Waals surface area (Å²) in [7, 11) is 0. The molecular weight excluding hydrogens is 300 g/mol. The van der Waals surface area contributed by atoms with Crippen LogP contribution in [0, 0.1) is 17.0 Å². The zero-order valence-electron chi connectivity index (χ0n) is 12.1. The first-order chi connectivity index (χ1) is 10.6. The van der Waals surface area contributed by atoms with Gasteiger partial charge in [-0.25, -0.2) is 0 Å². The monoisotopic (exact) mass is 316 g/mol. The SMILES string of the molecule is Cc1ccc([N+](=O)[O-])cc1NC(=O)CCSc1ccccc1. The van der Waals surface area contributed by atoms with Crippen LogP contribution in [0.2, 0.25) is 0 Å². The minimum absolute atomic E-state index is 0.0282. The second-order valence-electron chi connectivity index (χ2n) is 4.72. The first-order valence-corrected chi connectivity index (χ1v) is 7.77. The molecule has 0 aromatic heterocycles. The second-order valence-corrected chi connectivity index (χ2v) is 5.88. The van der Waals surface area contributed by atoms with Crippen LogP contribution in [0.15, 0.2) is 53.4 Å². The smallest absolute Gasteiger partial charge is 0.271 e. The van der Waals surface area contributed by atoms with Gasteiger partial charge < -0.3 is 5.32 Å². The van der Waals surface area contributed by atoms with E-state index in [9.17, 15) is 14.9 Å². The van der Waals surface area contributed by atoms with Gasteiger partial charge in [0.15, 0.2) is 0 Å². The van der Waals surface area contributed by atoms with E-state index in [0.717, 1.165) is 10.5 Å². The molecule has 0 saturated carbocycles. The third-order valence-corrected chi connectivity index (χ3v) is 4.06. The first-order valence-electron chi connectivity index (χ1n) is 6.79. The van der Waals surface area contributed by atoms with Crippen molar-refractivity contribution < 1.29 is 9.72 Å². The standard InChI is InChI=1S/C16H16N2O3S/c1-12-7-8-13(18(20)21)11-15(12)17-16(19)9-10-22-14-5-3-2-4-6-14/h2-8,11H,9-10H2,1H3,(H,17,19). The maximum absolute atomic E-state index is 11.9. The van der Waals surface area contributed by atoms with Crippen molar-refractivity contribution in [2.75, 3.05) is 11.1 Å². The molecule has 0 bridgehead atoms. The van der Waals surface area contributed by atoms with Crippen LogP contribution in [0.5, 0.6) is 0 Å². The summed E-state index contributed by atoms with van der Waals surface area (Å²) in [6.07, 6.45) is 0.349. The summed E-state index contributed by atoms with van der Waals surface area (Å²) in [4.78, 5) is 23.4. The number of amides is 1. The number of hydrogen-bond donors (Lipinski definition) is 1. The number of nitrogens with zero attached hydrogens (tertiary/aromatic N) is 1. The van der Waals surface area contributed by atoms with Crippen molar-refractivity contribution in [1.29, 1.82) is 0 Å². The van der Waals surface area contributed by atoms with Crippen molar-refractivity contribution in [3.8, 4) is 0 Å². The number of non-ortho nitro benzene ring substituents is 1. The van der Waals surface area contributed by atoms with Crippen molar-refractivity contribution in [3.05, 3.63) is 64.2 Å². The average Bonchev–Trinajstić information content (AvgIpc) is 2.50. The number of nitrogens with one attached hydrogen (secondary N) is 1. The number of thioether (sulfide) groups is 1. The third kappa shape index (κ3) is 4.60. The van der Waals surface area contributed by atoms with Crippen molar-refractivity contribution in [2.24, 2.45) is 0 Å². The van der Waals surface area contributed by atoms with Crippen LogP contribution in [0.25, 0.3) is 0 Å². The lowest BCUT2D eigenvalue weighted by Crippen LogP contribution is -2.13. The molecule has 1 amide bonds. The molecule has 0 atom stereocenters. The molecule has 0 fully saturated rings. The predicted molar refractivity (Wildman–Crippen MR) is 88.2 cm³/mol. The Bertz CT molecular complexity index is 674. The van der Waals surface area contributed by atoms with Gasteiger partial charge in [0.1, 0.15) is 0 Å². The fraction of sp³-hybridized carbons (Fsp3) is 0.188. The number of carbonyl (C=O) groups is 1. The summed E-state index contributed by atoms with van der Waals surface area (Å²) in [5, 5.41) is 13.5. The highest BCUT2D eigenvalue weighted by Gasteiger charge is 2.11. The minimum atomic E-state index is -0.472. The van der Waals surface area contributed by atoms with Gasteiger partial charge in [0.05, 0.1) is 10.6 Å². The molecule has 0 aliphatic heterocycles. The van der Waals surface area contributed by atoms with Crippen LogP contribution in [-0.2, 0) is 4.79 Å². The zero-order valence-corrected chi connectivity index (χ0v) is 12.9. The lowest BCUT2D eigenvalue weighted by molar-refractivity contribution is -0.384. The Balaban J connectivity index is 1.89. The molecule has 0 saturated heterocycles. The lowest BCUT2D eigenvalue weighted by Gasteiger charge is -2.08. The Morgan fingerprint density at radius 2 is 1.95 bits per heavy atom. The van der Waals surface area contributed by atoms with E-state index in [1.165, 1.54) is 12.1 Å². The Morgan fingerprint density at radius 3 is 2.64 bits per heavy atom. The molecule has 0 aliphatic carbocycles. The first kappa shape index (κ1) is 16.0. The molecule has 0 radical (unpaired) electrons. The molecule has 2 aromatic rings. The highest BCUT2D eigenvalue weighted by atomic mass is 32.2. The maximum Gasteiger partial charge on any atom is 0.271 e. The number of aryl methyl sites for hydroxylation is 1. The van der Waals surface area contributed by atoms with Gasteiger partial charge in [-0.1, -0.05) is 24.3 Å². The number of anilines is 1. The topological polar surface area (TPSA) is 72.2 Å². The number of benzene rings is 2. The van der Waals surface area contributed by atoms with E-state index in [-0.39, 0.29) is 11.6 Å². The number of rotatable bonds is 6. The summed E-state index contributed by atoms with van der Waals surface area (Å²) in [5.74, 6) is 0.510. The largest absolute Gasteiger partial charge is 0.326 e. The van der Waals surface area contributed by atoms with Gasteiger partial charge in [-0.2, -0.15) is 0 Å². The van der Waals surface area contributed by atoms with Crippen molar-refractivity contribution in [3.63, 3.8) is 0 Å². The third-order valence-electron chi connectivity index (χ3n) is 3.05. The lowest BCUT2D eigenvalue weighted by atomic mass is 10.2. The molecule has 6 heteroatoms. The van der Waals surface area contributed by atoms with E-state index in [0.29, 0.717) is 17.9 Å². The number of carbonyl (C=O) groups excluding carboxylic acids is 1. The molecule has 1 N–H and O–H groups in total. The highest BCUT2D eigenvalue weighted by Crippen LogP contribution is 2.22. The average molecular weight is 316 g/mol. The quantitative estimate of drug-likeness (QED) is 0.496. The summed E-state index contributed by atoms with van der Waals surface area (Å²) in [6, 6.07) is 14.3. The van der Waals surface area contributed by atoms with Gasteiger partial charge in [0.25, 0.3) is 5.69 Å². The molecule has 0 spiro atoms. The van der Waals surface area contributed by atoms with E-state index in [1.807, 2.05) is 30.3 Å². The predicted octanol–water partition coefficient (Wildman–Crippen LogP) is 4.02. The molecule has 22 heavy (non-hydrogen) atoms. The van der Waals surface area contributed by atoms with Gasteiger partial charge in [-0.15, -0.1) is 11.8 Å². The van der Waals surface area contributed by atoms with Gasteiger partial charge in [0.2, 0.25) is 5.91 Å². The van der Waals surface area contributed by atoms with Gasteiger partial charge in [-0.3, -0.25) is 14.9 Å². The van der Waals surface area contributed by atoms with Crippen LogP contribution in [-0.4, -0.2) is 16.6 Å². The minimum Gasteiger partial charge on any atom is -0.326 e. The molecule has 0 unspecified atom stereocenters. The van der Waals surface area contributed by atoms with Crippen molar-refractivity contribution in [1.82, 2.24) is 0 Å². The number of hydrogen-bond acceptors (Lipinski definition) is 4. The van der Waals surface area contributed by atoms with Crippen LogP contribution < -0.4 is 5.32 Å². The van der Waals surface area contributed by atoms with Gasteiger partial charge in [0, 0.05) is 29.2 Å². The van der Waals surface area contributed by atoms with Crippen molar-refractivity contribution >= 4 is 29.0 Å². The van der Waals surface area contributed by atoms with Crippen LogP contribution in [0.4, 0.5) is 11.4 Å². The number of nitro groups is 1. The van der Waals surface area contributed by atoms with E-state index in [4.69, 9.17) is 0 Å². The Hall–Kier alpha value is -2.34. The zero-order chi connectivity index (χ0) is 15.9. The van der Waals surface area contributed by atoms with Crippen LogP contribution in [0.3, 0.4) is 0 Å². The molecule has 2 rings (SSSR count). The van der Waals surface area contributed by atoms with Crippen LogP contribution >= 0.6 is 11.8 Å². The fourth-order valence-corrected chi connectivity index (χ4v) is 2.72.